The summed E-state index contributed by atoms with van der Waals surface area (Å²) < 4.78 is 2.09. The van der Waals surface area contributed by atoms with E-state index in [2.05, 4.69) is 58.3 Å². The third kappa shape index (κ3) is 3.96. The summed E-state index contributed by atoms with van der Waals surface area (Å²) in [7, 11) is 0. The highest BCUT2D eigenvalue weighted by Crippen LogP contribution is 2.44. The first-order valence-corrected chi connectivity index (χ1v) is 12.5. The molecule has 0 spiro atoms. The number of nitrogens with zero attached hydrogens (tertiary/aromatic N) is 6. The summed E-state index contributed by atoms with van der Waals surface area (Å²) in [5.41, 5.74) is 4.14. The molecule has 1 aliphatic carbocycles. The van der Waals surface area contributed by atoms with Crippen molar-refractivity contribution in [3.05, 3.63) is 48.3 Å². The van der Waals surface area contributed by atoms with Gasteiger partial charge in [-0.3, -0.25) is 9.67 Å². The molecular formula is C26H32N8. The van der Waals surface area contributed by atoms with Crippen molar-refractivity contribution in [2.24, 2.45) is 5.92 Å². The Bertz CT molecular complexity index is 1300. The lowest BCUT2D eigenvalue weighted by Gasteiger charge is -2.28. The third-order valence-electron chi connectivity index (χ3n) is 7.20. The molecule has 8 nitrogen and oxygen atoms in total. The molecule has 8 heteroatoms. The van der Waals surface area contributed by atoms with Crippen LogP contribution in [0.1, 0.15) is 50.8 Å². The molecule has 0 amide bonds. The standard InChI is InChI=1S/C26H32N8/c1-3-17(2)34-24-22(16-29-34)30-26(33-12-10-27-11-13-33)32-25(24)31-23(18-8-9-18)20-14-19-6-4-5-7-21(19)28-15-20/h4-7,14-18,23,27H,3,8-13H2,1-2H3,(H,30,31,32)/t17-,23+/m0/s1. The van der Waals surface area contributed by atoms with Gasteiger partial charge in [0, 0.05) is 43.8 Å². The Morgan fingerprint density at radius 3 is 2.71 bits per heavy atom. The van der Waals surface area contributed by atoms with Gasteiger partial charge in [0.25, 0.3) is 0 Å². The van der Waals surface area contributed by atoms with Crippen LogP contribution in [0.4, 0.5) is 11.8 Å². The largest absolute Gasteiger partial charge is 0.361 e. The zero-order valence-electron chi connectivity index (χ0n) is 19.9. The smallest absolute Gasteiger partial charge is 0.228 e. The molecule has 1 aliphatic heterocycles. The lowest BCUT2D eigenvalue weighted by Crippen LogP contribution is -2.44. The third-order valence-corrected chi connectivity index (χ3v) is 7.20. The van der Waals surface area contributed by atoms with Crippen molar-refractivity contribution in [2.45, 2.75) is 45.2 Å². The summed E-state index contributed by atoms with van der Waals surface area (Å²) in [6, 6.07) is 11.0. The van der Waals surface area contributed by atoms with E-state index < -0.39 is 0 Å². The number of rotatable bonds is 7. The van der Waals surface area contributed by atoms with Gasteiger partial charge in [-0.2, -0.15) is 10.1 Å². The minimum Gasteiger partial charge on any atom is -0.361 e. The van der Waals surface area contributed by atoms with Gasteiger partial charge in [0.15, 0.2) is 5.82 Å². The summed E-state index contributed by atoms with van der Waals surface area (Å²) in [6.07, 6.45) is 7.35. The number of pyridine rings is 1. The number of nitrogens with one attached hydrogen (secondary N) is 2. The van der Waals surface area contributed by atoms with Gasteiger partial charge >= 0.3 is 0 Å². The van der Waals surface area contributed by atoms with Crippen LogP contribution in [0.3, 0.4) is 0 Å². The lowest BCUT2D eigenvalue weighted by molar-refractivity contribution is 0.492. The number of para-hydroxylation sites is 1. The van der Waals surface area contributed by atoms with Crippen molar-refractivity contribution in [1.82, 2.24) is 30.0 Å². The van der Waals surface area contributed by atoms with Crippen LogP contribution >= 0.6 is 0 Å². The molecule has 0 bridgehead atoms. The van der Waals surface area contributed by atoms with Crippen LogP contribution in [0.15, 0.2) is 42.7 Å². The van der Waals surface area contributed by atoms with Crippen LogP contribution in [0.5, 0.6) is 0 Å². The topological polar surface area (TPSA) is 83.8 Å². The number of hydrogen-bond acceptors (Lipinski definition) is 7. The Hall–Kier alpha value is -3.26. The van der Waals surface area contributed by atoms with E-state index in [1.807, 2.05) is 18.5 Å². The fraction of sp³-hybridized carbons (Fsp3) is 0.462. The van der Waals surface area contributed by atoms with E-state index >= 15 is 0 Å². The maximum atomic E-state index is 5.11. The second-order valence-corrected chi connectivity index (χ2v) is 9.61. The molecular weight excluding hydrogens is 424 g/mol. The Balaban J connectivity index is 1.44. The van der Waals surface area contributed by atoms with E-state index in [-0.39, 0.29) is 12.1 Å². The van der Waals surface area contributed by atoms with Gasteiger partial charge in [-0.05, 0) is 49.8 Å². The fourth-order valence-corrected chi connectivity index (χ4v) is 4.87. The molecule has 0 radical (unpaired) electrons. The van der Waals surface area contributed by atoms with Crippen molar-refractivity contribution >= 4 is 33.7 Å². The minimum atomic E-state index is 0.159. The minimum absolute atomic E-state index is 0.159. The monoisotopic (exact) mass is 456 g/mol. The van der Waals surface area contributed by atoms with Gasteiger partial charge in [-0.15, -0.1) is 0 Å². The Morgan fingerprint density at radius 2 is 1.91 bits per heavy atom. The fourth-order valence-electron chi connectivity index (χ4n) is 4.87. The highest BCUT2D eigenvalue weighted by Gasteiger charge is 2.34. The van der Waals surface area contributed by atoms with E-state index in [1.165, 1.54) is 23.8 Å². The van der Waals surface area contributed by atoms with Gasteiger partial charge in [0.1, 0.15) is 11.0 Å². The van der Waals surface area contributed by atoms with E-state index in [0.29, 0.717) is 5.92 Å². The van der Waals surface area contributed by atoms with Crippen molar-refractivity contribution in [2.75, 3.05) is 36.4 Å². The number of piperazine rings is 1. The number of hydrogen-bond donors (Lipinski definition) is 2. The summed E-state index contributed by atoms with van der Waals surface area (Å²) in [4.78, 5) is 17.1. The van der Waals surface area contributed by atoms with Crippen molar-refractivity contribution in [1.29, 1.82) is 0 Å². The number of fused-ring (bicyclic) bond motifs is 2. The molecule has 176 valence electrons. The molecule has 1 saturated heterocycles. The lowest BCUT2D eigenvalue weighted by atomic mass is 10.0. The van der Waals surface area contributed by atoms with Crippen LogP contribution in [0, 0.1) is 5.92 Å². The molecule has 2 atom stereocenters. The molecule has 1 saturated carbocycles. The quantitative estimate of drug-likeness (QED) is 0.428. The van der Waals surface area contributed by atoms with E-state index in [9.17, 15) is 0 Å². The molecule has 34 heavy (non-hydrogen) atoms. The Labute approximate surface area is 199 Å². The molecule has 2 N–H and O–H groups in total. The van der Waals surface area contributed by atoms with E-state index in [0.717, 1.165) is 60.9 Å². The van der Waals surface area contributed by atoms with Gasteiger partial charge in [-0.1, -0.05) is 25.1 Å². The first kappa shape index (κ1) is 21.3. The molecule has 4 heterocycles. The summed E-state index contributed by atoms with van der Waals surface area (Å²) in [5.74, 6) is 2.24. The first-order chi connectivity index (χ1) is 16.7. The first-order valence-electron chi connectivity index (χ1n) is 12.5. The molecule has 2 fully saturated rings. The molecule has 1 aromatic carbocycles. The average molecular weight is 457 g/mol. The molecule has 4 aromatic rings. The number of aromatic nitrogens is 5. The molecule has 3 aromatic heterocycles. The summed E-state index contributed by atoms with van der Waals surface area (Å²) in [5, 5.41) is 13.2. The summed E-state index contributed by atoms with van der Waals surface area (Å²) in [6.45, 7) is 8.10. The molecule has 6 rings (SSSR count). The summed E-state index contributed by atoms with van der Waals surface area (Å²) >= 11 is 0. The van der Waals surface area contributed by atoms with Gasteiger partial charge < -0.3 is 15.5 Å². The second kappa shape index (κ2) is 8.83. The van der Waals surface area contributed by atoms with Gasteiger partial charge in [0.2, 0.25) is 5.95 Å². The SMILES string of the molecule is CC[C@H](C)n1ncc2nc(N3CCNCC3)nc(N[C@@H](c3cnc4ccccc4c3)C3CC3)c21. The Kier molecular flexibility index (Phi) is 5.53. The zero-order chi connectivity index (χ0) is 23.1. The van der Waals surface area contributed by atoms with Gasteiger partial charge in [-0.25, -0.2) is 4.98 Å². The Morgan fingerprint density at radius 1 is 1.09 bits per heavy atom. The maximum absolute atomic E-state index is 5.11. The number of benzene rings is 1. The normalized spacial score (nSPS) is 18.4. The van der Waals surface area contributed by atoms with Crippen molar-refractivity contribution in [3.63, 3.8) is 0 Å². The van der Waals surface area contributed by atoms with E-state index in [4.69, 9.17) is 20.1 Å². The molecule has 2 aliphatic rings. The maximum Gasteiger partial charge on any atom is 0.228 e. The van der Waals surface area contributed by atoms with Gasteiger partial charge in [0.05, 0.1) is 17.8 Å². The highest BCUT2D eigenvalue weighted by atomic mass is 15.3. The zero-order valence-corrected chi connectivity index (χ0v) is 19.9. The van der Waals surface area contributed by atoms with Crippen LogP contribution < -0.4 is 15.5 Å². The second-order valence-electron chi connectivity index (χ2n) is 9.61. The predicted molar refractivity (Wildman–Crippen MR) is 136 cm³/mol. The van der Waals surface area contributed by atoms with Crippen molar-refractivity contribution in [3.8, 4) is 0 Å². The van der Waals surface area contributed by atoms with Crippen LogP contribution in [0.2, 0.25) is 0 Å². The van der Waals surface area contributed by atoms with Crippen LogP contribution in [-0.2, 0) is 0 Å². The van der Waals surface area contributed by atoms with E-state index in [1.54, 1.807) is 0 Å². The predicted octanol–water partition coefficient (Wildman–Crippen LogP) is 4.32. The highest BCUT2D eigenvalue weighted by molar-refractivity contribution is 5.87. The average Bonchev–Trinajstić information content (AvgIpc) is 3.64. The molecule has 0 unspecified atom stereocenters. The van der Waals surface area contributed by atoms with Crippen LogP contribution in [-0.4, -0.2) is 50.9 Å². The van der Waals surface area contributed by atoms with Crippen molar-refractivity contribution < 1.29 is 0 Å². The van der Waals surface area contributed by atoms with Crippen LogP contribution in [0.25, 0.3) is 21.9 Å². The number of anilines is 2.